The first-order valence-corrected chi connectivity index (χ1v) is 8.39. The maximum atomic E-state index is 4.18. The SMILES string of the molecule is [CH2]CCC.[CH2]CCC.[CH2]CCC.[Sn].c1ccc2ncccc2c1. The molecular formula is C21H34NSn. The van der Waals surface area contributed by atoms with Crippen molar-refractivity contribution in [3.63, 3.8) is 0 Å². The summed E-state index contributed by atoms with van der Waals surface area (Å²) in [6, 6.07) is 12.1. The maximum absolute atomic E-state index is 4.18. The Kier molecular flexibility index (Phi) is 28.1. The van der Waals surface area contributed by atoms with Gasteiger partial charge in [0.25, 0.3) is 0 Å². The molecule has 0 saturated heterocycles. The van der Waals surface area contributed by atoms with Crippen LogP contribution in [-0.2, 0) is 0 Å². The average molecular weight is 419 g/mol. The number of nitrogens with zero attached hydrogens (tertiary/aromatic N) is 1. The summed E-state index contributed by atoms with van der Waals surface area (Å²) in [5, 5.41) is 1.20. The van der Waals surface area contributed by atoms with Crippen molar-refractivity contribution in [3.05, 3.63) is 63.4 Å². The predicted octanol–water partition coefficient (Wildman–Crippen LogP) is 6.72. The van der Waals surface area contributed by atoms with E-state index in [-0.39, 0.29) is 23.9 Å². The van der Waals surface area contributed by atoms with Crippen LogP contribution in [0.2, 0.25) is 0 Å². The van der Waals surface area contributed by atoms with E-state index in [2.05, 4.69) is 58.7 Å². The van der Waals surface area contributed by atoms with Gasteiger partial charge in [-0.15, -0.1) is 0 Å². The van der Waals surface area contributed by atoms with Gasteiger partial charge in [0.2, 0.25) is 0 Å². The molecule has 0 aliphatic carbocycles. The minimum atomic E-state index is 0. The van der Waals surface area contributed by atoms with Crippen molar-refractivity contribution >= 4 is 34.8 Å². The first-order valence-electron chi connectivity index (χ1n) is 8.39. The molecule has 23 heavy (non-hydrogen) atoms. The number of unbranched alkanes of at least 4 members (excludes halogenated alkanes) is 3. The van der Waals surface area contributed by atoms with E-state index in [1.807, 2.05) is 30.5 Å². The summed E-state index contributed by atoms with van der Waals surface area (Å²) in [7, 11) is 0. The largest absolute Gasteiger partial charge is 0.256 e. The van der Waals surface area contributed by atoms with E-state index in [0.717, 1.165) is 24.8 Å². The minimum absolute atomic E-state index is 0. The summed E-state index contributed by atoms with van der Waals surface area (Å²) < 4.78 is 0. The molecule has 2 aromatic rings. The molecular weight excluding hydrogens is 385 g/mol. The molecule has 0 aliphatic heterocycles. The van der Waals surface area contributed by atoms with Crippen molar-refractivity contribution in [2.24, 2.45) is 0 Å². The first kappa shape index (κ1) is 27.3. The van der Waals surface area contributed by atoms with Gasteiger partial charge in [-0.2, -0.15) is 0 Å². The molecule has 0 unspecified atom stereocenters. The Morgan fingerprint density at radius 1 is 0.739 bits per heavy atom. The number of pyridine rings is 1. The van der Waals surface area contributed by atoms with E-state index >= 15 is 0 Å². The Labute approximate surface area is 162 Å². The standard InChI is InChI=1S/C9H7N.3C4H9.Sn/c1-2-6-9-8(4-1)5-3-7-10-9;3*1-3-4-2;/h1-7H;3*1,3-4H2,2H3;. The van der Waals surface area contributed by atoms with Gasteiger partial charge in [0, 0.05) is 35.5 Å². The number of rotatable bonds is 3. The maximum Gasteiger partial charge on any atom is 0.0701 e. The van der Waals surface area contributed by atoms with E-state index in [1.165, 1.54) is 24.6 Å². The molecule has 1 heterocycles. The zero-order valence-electron chi connectivity index (χ0n) is 15.4. The third-order valence-corrected chi connectivity index (χ3v) is 2.57. The molecule has 0 bridgehead atoms. The summed E-state index contributed by atoms with van der Waals surface area (Å²) in [4.78, 5) is 4.18. The summed E-state index contributed by atoms with van der Waals surface area (Å²) in [6.45, 7) is 17.2. The third kappa shape index (κ3) is 19.4. The number of hydrogen-bond acceptors (Lipinski definition) is 1. The van der Waals surface area contributed by atoms with Gasteiger partial charge in [-0.25, -0.2) is 0 Å². The molecule has 2 rings (SSSR count). The number of hydrogen-bond donors (Lipinski definition) is 0. The number of aromatic nitrogens is 1. The average Bonchev–Trinajstić information content (AvgIpc) is 2.62. The second-order valence-corrected chi connectivity index (χ2v) is 4.76. The molecule has 0 N–H and O–H groups in total. The van der Waals surface area contributed by atoms with Crippen molar-refractivity contribution in [3.8, 4) is 0 Å². The fourth-order valence-electron chi connectivity index (χ4n) is 1.02. The molecule has 0 amide bonds. The van der Waals surface area contributed by atoms with Crippen LogP contribution >= 0.6 is 0 Å². The molecule has 1 aromatic carbocycles. The topological polar surface area (TPSA) is 12.9 Å². The third-order valence-electron chi connectivity index (χ3n) is 2.57. The van der Waals surface area contributed by atoms with E-state index < -0.39 is 0 Å². The summed E-state index contributed by atoms with van der Waals surface area (Å²) in [6.07, 6.45) is 8.64. The van der Waals surface area contributed by atoms with Gasteiger partial charge in [0.1, 0.15) is 0 Å². The Morgan fingerprint density at radius 2 is 1.13 bits per heavy atom. The zero-order chi connectivity index (χ0) is 17.1. The van der Waals surface area contributed by atoms with Crippen molar-refractivity contribution in [2.75, 3.05) is 0 Å². The molecule has 0 atom stereocenters. The van der Waals surface area contributed by atoms with Crippen molar-refractivity contribution < 1.29 is 0 Å². The Morgan fingerprint density at radius 3 is 1.52 bits per heavy atom. The molecule has 0 aliphatic rings. The van der Waals surface area contributed by atoms with Crippen LogP contribution in [0.15, 0.2) is 42.6 Å². The molecule has 0 fully saturated rings. The fraction of sp³-hybridized carbons (Fsp3) is 0.429. The van der Waals surface area contributed by atoms with E-state index in [9.17, 15) is 0 Å². The molecule has 7 radical (unpaired) electrons. The van der Waals surface area contributed by atoms with Gasteiger partial charge in [-0.3, -0.25) is 4.98 Å². The quantitative estimate of drug-likeness (QED) is 0.504. The summed E-state index contributed by atoms with van der Waals surface area (Å²) in [5.41, 5.74) is 1.06. The van der Waals surface area contributed by atoms with Gasteiger partial charge in [0.05, 0.1) is 5.52 Å². The predicted molar refractivity (Wildman–Crippen MR) is 108 cm³/mol. The van der Waals surface area contributed by atoms with Crippen LogP contribution in [0.1, 0.15) is 59.3 Å². The van der Waals surface area contributed by atoms with E-state index in [0.29, 0.717) is 0 Å². The van der Waals surface area contributed by atoms with Gasteiger partial charge in [0.15, 0.2) is 0 Å². The van der Waals surface area contributed by atoms with Crippen LogP contribution in [0.4, 0.5) is 0 Å². The van der Waals surface area contributed by atoms with Gasteiger partial charge < -0.3 is 0 Å². The van der Waals surface area contributed by atoms with Crippen LogP contribution in [0.3, 0.4) is 0 Å². The number of benzene rings is 1. The van der Waals surface area contributed by atoms with Crippen molar-refractivity contribution in [1.29, 1.82) is 0 Å². The van der Waals surface area contributed by atoms with Crippen molar-refractivity contribution in [1.82, 2.24) is 4.98 Å². The Bertz CT molecular complexity index is 348. The van der Waals surface area contributed by atoms with Gasteiger partial charge in [-0.1, -0.05) is 104 Å². The summed E-state index contributed by atoms with van der Waals surface area (Å²) >= 11 is 0. The molecule has 0 spiro atoms. The van der Waals surface area contributed by atoms with Gasteiger partial charge >= 0.3 is 0 Å². The first-order chi connectivity index (χ1) is 10.7. The van der Waals surface area contributed by atoms with Crippen LogP contribution in [0, 0.1) is 20.8 Å². The van der Waals surface area contributed by atoms with E-state index in [1.54, 1.807) is 0 Å². The Balaban J connectivity index is -0.000000264. The van der Waals surface area contributed by atoms with Crippen LogP contribution in [0.25, 0.3) is 10.9 Å². The van der Waals surface area contributed by atoms with Gasteiger partial charge in [-0.05, 0) is 12.1 Å². The molecule has 2 heteroatoms. The second kappa shape index (κ2) is 23.7. The smallest absolute Gasteiger partial charge is 0.0701 e. The Hall–Kier alpha value is -0.571. The monoisotopic (exact) mass is 420 g/mol. The fourth-order valence-corrected chi connectivity index (χ4v) is 1.02. The van der Waals surface area contributed by atoms with Crippen LogP contribution < -0.4 is 0 Å². The molecule has 1 nitrogen and oxygen atoms in total. The number of fused-ring (bicyclic) bond motifs is 1. The molecule has 1 aromatic heterocycles. The molecule has 127 valence electrons. The number of para-hydroxylation sites is 1. The van der Waals surface area contributed by atoms with Crippen molar-refractivity contribution in [2.45, 2.75) is 59.3 Å². The van der Waals surface area contributed by atoms with Crippen LogP contribution in [-0.4, -0.2) is 28.9 Å². The normalized spacial score (nSPS) is 8.26. The zero-order valence-corrected chi connectivity index (χ0v) is 18.2. The van der Waals surface area contributed by atoms with Crippen LogP contribution in [0.5, 0.6) is 0 Å². The minimum Gasteiger partial charge on any atom is -0.256 e. The molecule has 0 saturated carbocycles. The second-order valence-electron chi connectivity index (χ2n) is 4.76. The summed E-state index contributed by atoms with van der Waals surface area (Å²) in [5.74, 6) is 0. The van der Waals surface area contributed by atoms with E-state index in [4.69, 9.17) is 0 Å².